The predicted octanol–water partition coefficient (Wildman–Crippen LogP) is 2.80. The molecule has 280 valence electrons. The zero-order valence-electron chi connectivity index (χ0n) is 32.2. The number of aliphatic hydroxyl groups is 1. The molecule has 0 radical (unpaired) electrons. The van der Waals surface area contributed by atoms with Crippen molar-refractivity contribution in [3.05, 3.63) is 0 Å². The van der Waals surface area contributed by atoms with Crippen LogP contribution >= 0.6 is 0 Å². The largest absolute Gasteiger partial charge is 0.459 e. The summed E-state index contributed by atoms with van der Waals surface area (Å²) in [6, 6.07) is -0.0583. The molecule has 14 atom stereocenters. The molecule has 3 N–H and O–H groups in total. The van der Waals surface area contributed by atoms with E-state index in [1.54, 1.807) is 21.0 Å². The van der Waals surface area contributed by atoms with E-state index in [-0.39, 0.29) is 48.2 Å². The first-order valence-electron chi connectivity index (χ1n) is 18.1. The van der Waals surface area contributed by atoms with Gasteiger partial charge in [0.25, 0.3) is 0 Å². The van der Waals surface area contributed by atoms with Gasteiger partial charge in [0, 0.05) is 44.2 Å². The molecule has 0 bridgehead atoms. The molecule has 0 aromatic heterocycles. The van der Waals surface area contributed by atoms with Crippen molar-refractivity contribution >= 4 is 11.8 Å². The standard InChI is InChI=1S/C36H68N4O8/c1-15-28-36(10)31(38-25(8)48-36)24(7)40(13)19-21(4)17-35(9,44-14)32(22(5)29(41)23(6)33(43)46-28)47-34-30(42)27(39(11)12)16-26(45-34)18-37-20(2)3/h20-28,30-32,34,37-38,42H,15-19H2,1-14H3/t21-,22+,23?,24-,25?,26+,27+,28-,30-,31-,32-,34+,35-,36-/m1/s1. The summed E-state index contributed by atoms with van der Waals surface area (Å²) in [6.07, 6.45) is -2.14. The lowest BCUT2D eigenvalue weighted by Gasteiger charge is -2.47. The molecular weight excluding hydrogens is 616 g/mol. The average Bonchev–Trinajstić information content (AvgIpc) is 3.33. The molecule has 3 heterocycles. The van der Waals surface area contributed by atoms with Gasteiger partial charge in [-0.1, -0.05) is 34.6 Å². The second-order valence-electron chi connectivity index (χ2n) is 15.8. The van der Waals surface area contributed by atoms with Gasteiger partial charge in [-0.2, -0.15) is 0 Å². The Bertz CT molecular complexity index is 1070. The topological polar surface area (TPSA) is 131 Å². The number of rotatable bonds is 8. The summed E-state index contributed by atoms with van der Waals surface area (Å²) >= 11 is 0. The van der Waals surface area contributed by atoms with Crippen molar-refractivity contribution < 1.29 is 38.4 Å². The van der Waals surface area contributed by atoms with Crippen LogP contribution in [-0.4, -0.2) is 140 Å². The fraction of sp³-hybridized carbons (Fsp3) is 0.944. The summed E-state index contributed by atoms with van der Waals surface area (Å²) in [5.74, 6) is -2.64. The number of methoxy groups -OCH3 is 1. The maximum atomic E-state index is 14.3. The summed E-state index contributed by atoms with van der Waals surface area (Å²) in [7, 11) is 7.60. The fourth-order valence-corrected chi connectivity index (χ4v) is 8.27. The minimum atomic E-state index is -1.06. The van der Waals surface area contributed by atoms with Crippen LogP contribution in [0.5, 0.6) is 0 Å². The third-order valence-electron chi connectivity index (χ3n) is 11.2. The Kier molecular flexibility index (Phi) is 14.5. The number of esters is 1. The second-order valence-corrected chi connectivity index (χ2v) is 15.8. The molecule has 48 heavy (non-hydrogen) atoms. The van der Waals surface area contributed by atoms with Crippen molar-refractivity contribution in [3.8, 4) is 0 Å². The number of hydrogen-bond donors (Lipinski definition) is 3. The highest BCUT2D eigenvalue weighted by atomic mass is 16.7. The highest BCUT2D eigenvalue weighted by Crippen LogP contribution is 2.39. The molecule has 12 heteroatoms. The van der Waals surface area contributed by atoms with Crippen LogP contribution in [0.4, 0.5) is 0 Å². The van der Waals surface area contributed by atoms with Gasteiger partial charge in [0.1, 0.15) is 30.0 Å². The summed E-state index contributed by atoms with van der Waals surface area (Å²) in [5.41, 5.74) is -1.77. The zero-order chi connectivity index (χ0) is 36.3. The third-order valence-corrected chi connectivity index (χ3v) is 11.2. The highest BCUT2D eigenvalue weighted by molar-refractivity contribution is 6.00. The summed E-state index contributed by atoms with van der Waals surface area (Å²) in [5, 5.41) is 18.6. The number of likely N-dealkylation sites (N-methyl/N-ethyl adjacent to an activating group) is 2. The van der Waals surface area contributed by atoms with Gasteiger partial charge < -0.3 is 43.9 Å². The summed E-state index contributed by atoms with van der Waals surface area (Å²) < 4.78 is 32.1. The molecule has 3 rings (SSSR count). The molecule has 0 aromatic carbocycles. The van der Waals surface area contributed by atoms with E-state index in [1.165, 1.54) is 0 Å². The number of fused-ring (bicyclic) bond motifs is 1. The minimum absolute atomic E-state index is 0.0317. The van der Waals surface area contributed by atoms with Gasteiger partial charge >= 0.3 is 5.97 Å². The van der Waals surface area contributed by atoms with Crippen molar-refractivity contribution in [3.63, 3.8) is 0 Å². The minimum Gasteiger partial charge on any atom is -0.459 e. The number of nitrogens with zero attached hydrogens (tertiary/aromatic N) is 2. The van der Waals surface area contributed by atoms with Gasteiger partial charge in [-0.3, -0.25) is 14.9 Å². The van der Waals surface area contributed by atoms with E-state index in [1.807, 2.05) is 46.7 Å². The van der Waals surface area contributed by atoms with E-state index in [4.69, 9.17) is 23.7 Å². The van der Waals surface area contributed by atoms with Crippen molar-refractivity contribution in [1.29, 1.82) is 0 Å². The molecule has 0 amide bonds. The van der Waals surface area contributed by atoms with Crippen LogP contribution in [0.25, 0.3) is 0 Å². The second kappa shape index (κ2) is 16.9. The molecule has 3 aliphatic heterocycles. The first-order valence-corrected chi connectivity index (χ1v) is 18.1. The SMILES string of the molecule is CC[C@H]1OC(=O)C(C)C(=O)[C@H](C)[C@@H](O[C@@H]2O[C@H](CNC(C)C)C[C@H](N(C)C)[C@H]2O)[C@](C)(OC)C[C@@H](C)CN(C)[C@H](C)[C@H]2NC(C)O[C@@]21C. The van der Waals surface area contributed by atoms with Gasteiger partial charge in [-0.05, 0) is 80.9 Å². The molecular formula is C36H68N4O8. The number of nitrogens with one attached hydrogen (secondary N) is 2. The van der Waals surface area contributed by atoms with E-state index in [0.717, 1.165) is 6.54 Å². The molecule has 12 nitrogen and oxygen atoms in total. The monoisotopic (exact) mass is 685 g/mol. The molecule has 3 saturated heterocycles. The maximum absolute atomic E-state index is 14.3. The van der Waals surface area contributed by atoms with Gasteiger partial charge in [0.2, 0.25) is 0 Å². The van der Waals surface area contributed by atoms with Gasteiger partial charge in [0.15, 0.2) is 12.1 Å². The van der Waals surface area contributed by atoms with Gasteiger partial charge in [0.05, 0.1) is 23.9 Å². The molecule has 0 spiro atoms. The predicted molar refractivity (Wildman–Crippen MR) is 185 cm³/mol. The van der Waals surface area contributed by atoms with E-state index in [2.05, 4.69) is 50.3 Å². The Morgan fingerprint density at radius 3 is 2.35 bits per heavy atom. The van der Waals surface area contributed by atoms with Crippen LogP contribution in [0.1, 0.15) is 88.5 Å². The first-order chi connectivity index (χ1) is 22.3. The lowest BCUT2D eigenvalue weighted by atomic mass is 9.78. The molecule has 2 unspecified atom stereocenters. The van der Waals surface area contributed by atoms with Crippen molar-refractivity contribution in [2.24, 2.45) is 17.8 Å². The lowest BCUT2D eigenvalue weighted by molar-refractivity contribution is -0.297. The van der Waals surface area contributed by atoms with E-state index >= 15 is 0 Å². The number of Topliss-reactive ketones (excluding diaryl/α,β-unsaturated/α-hetero) is 1. The Hall–Kier alpha value is -1.22. The van der Waals surface area contributed by atoms with Gasteiger partial charge in [-0.15, -0.1) is 0 Å². The molecule has 0 aromatic rings. The Labute approximate surface area is 290 Å². The number of aliphatic hydroxyl groups excluding tert-OH is 1. The maximum Gasteiger partial charge on any atom is 0.316 e. The number of cyclic esters (lactones) is 1. The van der Waals surface area contributed by atoms with Crippen LogP contribution in [-0.2, 0) is 33.3 Å². The molecule has 3 fully saturated rings. The first kappa shape index (κ1) is 41.2. The van der Waals surface area contributed by atoms with Crippen LogP contribution in [0.3, 0.4) is 0 Å². The smallest absolute Gasteiger partial charge is 0.316 e. The van der Waals surface area contributed by atoms with Gasteiger partial charge in [-0.25, -0.2) is 0 Å². The van der Waals surface area contributed by atoms with Crippen LogP contribution < -0.4 is 10.6 Å². The number of ether oxygens (including phenoxy) is 5. The normalized spacial score (nSPS) is 44.4. The van der Waals surface area contributed by atoms with E-state index in [0.29, 0.717) is 25.8 Å². The van der Waals surface area contributed by atoms with Crippen LogP contribution in [0, 0.1) is 17.8 Å². The highest BCUT2D eigenvalue weighted by Gasteiger charge is 2.54. The van der Waals surface area contributed by atoms with Crippen molar-refractivity contribution in [2.75, 3.05) is 41.3 Å². The van der Waals surface area contributed by atoms with Crippen molar-refractivity contribution in [1.82, 2.24) is 20.4 Å². The van der Waals surface area contributed by atoms with Crippen LogP contribution in [0.2, 0.25) is 0 Å². The average molecular weight is 685 g/mol. The number of carbonyl (C=O) groups excluding carboxylic acids is 2. The number of carbonyl (C=O) groups is 2. The molecule has 0 aliphatic carbocycles. The van der Waals surface area contributed by atoms with Crippen molar-refractivity contribution in [2.45, 2.75) is 161 Å². The third kappa shape index (κ3) is 9.16. The Morgan fingerprint density at radius 1 is 1.15 bits per heavy atom. The van der Waals surface area contributed by atoms with Crippen LogP contribution in [0.15, 0.2) is 0 Å². The lowest BCUT2D eigenvalue weighted by Crippen LogP contribution is -2.60. The molecule has 0 saturated carbocycles. The summed E-state index contributed by atoms with van der Waals surface area (Å²) in [6.45, 7) is 21.1. The number of hydrogen-bond acceptors (Lipinski definition) is 12. The summed E-state index contributed by atoms with van der Waals surface area (Å²) in [4.78, 5) is 32.3. The molecule has 3 aliphatic rings. The zero-order valence-corrected chi connectivity index (χ0v) is 32.2. The Balaban J connectivity index is 2.05. The van der Waals surface area contributed by atoms with E-state index < -0.39 is 53.6 Å². The quantitative estimate of drug-likeness (QED) is 0.257. The fourth-order valence-electron chi connectivity index (χ4n) is 8.27. The Morgan fingerprint density at radius 2 is 1.79 bits per heavy atom. The number of ketones is 1. The van der Waals surface area contributed by atoms with E-state index in [9.17, 15) is 14.7 Å².